The summed E-state index contributed by atoms with van der Waals surface area (Å²) in [4.78, 5) is 43.8. The maximum Gasteiger partial charge on any atom is 0.241 e. The minimum Gasteiger partial charge on any atom is -0.340 e. The highest BCUT2D eigenvalue weighted by atomic mass is 16.2. The van der Waals surface area contributed by atoms with Crippen molar-refractivity contribution in [2.45, 2.75) is 32.7 Å². The van der Waals surface area contributed by atoms with Crippen LogP contribution in [-0.4, -0.2) is 66.3 Å². The van der Waals surface area contributed by atoms with E-state index in [2.05, 4.69) is 10.2 Å². The molecule has 1 unspecified atom stereocenters. The Bertz CT molecular complexity index is 997. The molecule has 3 amide bonds. The molecule has 0 radical (unpaired) electrons. The Morgan fingerprint density at radius 3 is 2.38 bits per heavy atom. The van der Waals surface area contributed by atoms with Crippen LogP contribution in [0.4, 0.5) is 11.4 Å². The molecule has 0 spiro atoms. The summed E-state index contributed by atoms with van der Waals surface area (Å²) in [5, 5.41) is 2.89. The van der Waals surface area contributed by atoms with Crippen molar-refractivity contribution in [3.05, 3.63) is 59.7 Å². The van der Waals surface area contributed by atoms with Crippen LogP contribution in [-0.2, 0) is 20.8 Å². The molecule has 4 rings (SSSR count). The molecule has 0 saturated carbocycles. The van der Waals surface area contributed by atoms with Crippen LogP contribution in [0.1, 0.15) is 24.5 Å². The number of anilines is 2. The van der Waals surface area contributed by atoms with Crippen molar-refractivity contribution in [2.24, 2.45) is 0 Å². The fourth-order valence-electron chi connectivity index (χ4n) is 4.38. The topological polar surface area (TPSA) is 73.0 Å². The van der Waals surface area contributed by atoms with E-state index < -0.39 is 0 Å². The van der Waals surface area contributed by atoms with Gasteiger partial charge in [-0.1, -0.05) is 42.0 Å². The molecule has 1 N–H and O–H groups in total. The number of fused-ring (bicyclic) bond motifs is 1. The lowest BCUT2D eigenvalue weighted by Gasteiger charge is -2.36. The molecule has 1 saturated heterocycles. The lowest BCUT2D eigenvalue weighted by atomic mass is 10.1. The number of benzene rings is 2. The van der Waals surface area contributed by atoms with Crippen LogP contribution in [0.2, 0.25) is 0 Å². The number of rotatable bonds is 4. The second kappa shape index (κ2) is 9.53. The number of para-hydroxylation sites is 2. The largest absolute Gasteiger partial charge is 0.340 e. The van der Waals surface area contributed by atoms with Crippen molar-refractivity contribution in [1.82, 2.24) is 9.80 Å². The molecule has 2 aliphatic heterocycles. The van der Waals surface area contributed by atoms with Crippen molar-refractivity contribution < 1.29 is 14.4 Å². The summed E-state index contributed by atoms with van der Waals surface area (Å²) < 4.78 is 0. The van der Waals surface area contributed by atoms with E-state index in [-0.39, 0.29) is 36.7 Å². The predicted molar refractivity (Wildman–Crippen MR) is 125 cm³/mol. The third kappa shape index (κ3) is 4.99. The number of piperazine rings is 1. The van der Waals surface area contributed by atoms with Crippen molar-refractivity contribution in [2.75, 3.05) is 42.9 Å². The molecule has 0 aliphatic carbocycles. The maximum atomic E-state index is 13.2. The van der Waals surface area contributed by atoms with Gasteiger partial charge in [0.05, 0.1) is 24.3 Å². The number of hydrogen-bond donors (Lipinski definition) is 1. The van der Waals surface area contributed by atoms with Gasteiger partial charge in [0.2, 0.25) is 17.7 Å². The normalized spacial score (nSPS) is 19.2. The van der Waals surface area contributed by atoms with E-state index in [0.29, 0.717) is 38.3 Å². The van der Waals surface area contributed by atoms with Gasteiger partial charge in [0.1, 0.15) is 0 Å². The van der Waals surface area contributed by atoms with Crippen LogP contribution >= 0.6 is 0 Å². The summed E-state index contributed by atoms with van der Waals surface area (Å²) in [6.45, 7) is 6.76. The Balaban J connectivity index is 1.35. The second-order valence-corrected chi connectivity index (χ2v) is 8.70. The quantitative estimate of drug-likeness (QED) is 0.802. The lowest BCUT2D eigenvalue weighted by Crippen LogP contribution is -2.52. The van der Waals surface area contributed by atoms with E-state index in [1.807, 2.05) is 67.3 Å². The first-order valence-electron chi connectivity index (χ1n) is 11.2. The molecule has 2 aromatic carbocycles. The zero-order chi connectivity index (χ0) is 22.7. The predicted octanol–water partition coefficient (Wildman–Crippen LogP) is 2.45. The van der Waals surface area contributed by atoms with Gasteiger partial charge >= 0.3 is 0 Å². The van der Waals surface area contributed by atoms with Crippen LogP contribution in [0.5, 0.6) is 0 Å². The van der Waals surface area contributed by atoms with Gasteiger partial charge in [0.25, 0.3) is 0 Å². The first-order valence-corrected chi connectivity index (χ1v) is 11.2. The van der Waals surface area contributed by atoms with Crippen LogP contribution in [0.25, 0.3) is 0 Å². The molecule has 1 fully saturated rings. The zero-order valence-corrected chi connectivity index (χ0v) is 18.7. The molecule has 32 heavy (non-hydrogen) atoms. The average molecular weight is 435 g/mol. The summed E-state index contributed by atoms with van der Waals surface area (Å²) in [5.74, 6) is 0.0151. The number of carbonyl (C=O) groups excluding carboxylic acids is 3. The fraction of sp³-hybridized carbons (Fsp3) is 0.400. The molecule has 7 heteroatoms. The van der Waals surface area contributed by atoms with E-state index in [1.54, 1.807) is 4.90 Å². The minimum atomic E-state index is -0.219. The molecule has 0 bridgehead atoms. The van der Waals surface area contributed by atoms with Gasteiger partial charge in [-0.25, -0.2) is 0 Å². The molecule has 2 aromatic rings. The summed E-state index contributed by atoms with van der Waals surface area (Å²) in [7, 11) is 0. The van der Waals surface area contributed by atoms with Gasteiger partial charge in [-0.15, -0.1) is 0 Å². The summed E-state index contributed by atoms with van der Waals surface area (Å²) in [5.41, 5.74) is 3.61. The van der Waals surface area contributed by atoms with Gasteiger partial charge in [0.15, 0.2) is 0 Å². The van der Waals surface area contributed by atoms with Crippen molar-refractivity contribution in [3.8, 4) is 0 Å². The molecule has 0 aromatic heterocycles. The number of hydrogen-bond acceptors (Lipinski definition) is 4. The van der Waals surface area contributed by atoms with E-state index in [4.69, 9.17) is 0 Å². The molecule has 2 aliphatic rings. The Morgan fingerprint density at radius 2 is 1.66 bits per heavy atom. The SMILES string of the molecule is Cc1ccc(CC(=O)N2CCN(CC(=O)N3c4ccccc4NC(=O)CC3C)CC2)cc1. The molecule has 7 nitrogen and oxygen atoms in total. The van der Waals surface area contributed by atoms with Crippen LogP contribution < -0.4 is 10.2 Å². The number of nitrogens with one attached hydrogen (secondary N) is 1. The van der Waals surface area contributed by atoms with E-state index in [1.165, 1.54) is 5.56 Å². The third-order valence-corrected chi connectivity index (χ3v) is 6.19. The second-order valence-electron chi connectivity index (χ2n) is 8.70. The van der Waals surface area contributed by atoms with Gasteiger partial charge in [-0.05, 0) is 31.5 Å². The molecule has 168 valence electrons. The van der Waals surface area contributed by atoms with Gasteiger partial charge in [-0.3, -0.25) is 19.3 Å². The average Bonchev–Trinajstić information content (AvgIpc) is 2.89. The minimum absolute atomic E-state index is 0.0270. The summed E-state index contributed by atoms with van der Waals surface area (Å²) >= 11 is 0. The van der Waals surface area contributed by atoms with Crippen LogP contribution in [0, 0.1) is 6.92 Å². The van der Waals surface area contributed by atoms with Crippen molar-refractivity contribution in [3.63, 3.8) is 0 Å². The third-order valence-electron chi connectivity index (χ3n) is 6.19. The number of amides is 3. The monoisotopic (exact) mass is 434 g/mol. The van der Waals surface area contributed by atoms with Crippen molar-refractivity contribution >= 4 is 29.1 Å². The number of carbonyl (C=O) groups is 3. The highest BCUT2D eigenvalue weighted by Gasteiger charge is 2.31. The van der Waals surface area contributed by atoms with Gasteiger partial charge in [0, 0.05) is 38.6 Å². The molecular formula is C25H30N4O3. The van der Waals surface area contributed by atoms with Crippen LogP contribution in [0.15, 0.2) is 48.5 Å². The number of aryl methyl sites for hydroxylation is 1. The highest BCUT2D eigenvalue weighted by Crippen LogP contribution is 2.31. The van der Waals surface area contributed by atoms with Crippen molar-refractivity contribution in [1.29, 1.82) is 0 Å². The molecule has 1 atom stereocenters. The first-order chi connectivity index (χ1) is 15.4. The molecular weight excluding hydrogens is 404 g/mol. The fourth-order valence-corrected chi connectivity index (χ4v) is 4.38. The first kappa shape index (κ1) is 22.0. The van der Waals surface area contributed by atoms with E-state index in [9.17, 15) is 14.4 Å². The lowest BCUT2D eigenvalue weighted by molar-refractivity contribution is -0.132. The van der Waals surface area contributed by atoms with Gasteiger partial charge < -0.3 is 15.1 Å². The number of nitrogens with zero attached hydrogens (tertiary/aromatic N) is 3. The van der Waals surface area contributed by atoms with Crippen LogP contribution in [0.3, 0.4) is 0 Å². The van der Waals surface area contributed by atoms with E-state index >= 15 is 0 Å². The standard InChI is InChI=1S/C25H30N4O3/c1-18-7-9-20(10-8-18)16-24(31)28-13-11-27(12-14-28)17-25(32)29-19(2)15-23(30)26-21-5-3-4-6-22(21)29/h3-10,19H,11-17H2,1-2H3,(H,26,30). The van der Waals surface area contributed by atoms with Gasteiger partial charge in [-0.2, -0.15) is 0 Å². The summed E-state index contributed by atoms with van der Waals surface area (Å²) in [6.07, 6.45) is 0.671. The smallest absolute Gasteiger partial charge is 0.241 e. The zero-order valence-electron chi connectivity index (χ0n) is 18.7. The Morgan fingerprint density at radius 1 is 0.969 bits per heavy atom. The Hall–Kier alpha value is -3.19. The maximum absolute atomic E-state index is 13.2. The summed E-state index contributed by atoms with van der Waals surface area (Å²) in [6, 6.07) is 15.3. The highest BCUT2D eigenvalue weighted by molar-refractivity contribution is 6.04. The Kier molecular flexibility index (Phi) is 6.55. The van der Waals surface area contributed by atoms with E-state index in [0.717, 1.165) is 11.3 Å². The Labute approximate surface area is 189 Å². The molecule has 2 heterocycles.